The zero-order valence-corrected chi connectivity index (χ0v) is 38.4. The molecule has 0 radical (unpaired) electrons. The molecule has 9 aromatic rings. The van der Waals surface area contributed by atoms with Crippen molar-refractivity contribution in [2.24, 2.45) is 0 Å². The van der Waals surface area contributed by atoms with E-state index in [-0.39, 0.29) is 23.0 Å². The van der Waals surface area contributed by atoms with Crippen molar-refractivity contribution in [3.8, 4) is 22.3 Å². The smallest absolute Gasteiger partial charge is 0.252 e. The van der Waals surface area contributed by atoms with Crippen molar-refractivity contribution < 1.29 is 4.42 Å². The van der Waals surface area contributed by atoms with Gasteiger partial charge in [-0.1, -0.05) is 159 Å². The number of furan rings is 1. The highest BCUT2D eigenvalue weighted by molar-refractivity contribution is 7.00. The molecule has 1 aromatic heterocycles. The summed E-state index contributed by atoms with van der Waals surface area (Å²) >= 11 is 0. The molecule has 4 heteroatoms. The van der Waals surface area contributed by atoms with E-state index in [0.29, 0.717) is 0 Å². The van der Waals surface area contributed by atoms with Crippen LogP contribution in [0.3, 0.4) is 0 Å². The van der Waals surface area contributed by atoms with Gasteiger partial charge in [0.25, 0.3) is 6.71 Å². The van der Waals surface area contributed by atoms with E-state index >= 15 is 0 Å². The monoisotopic (exact) mass is 828 g/mol. The highest BCUT2D eigenvalue weighted by Gasteiger charge is 2.45. The average molecular weight is 829 g/mol. The predicted octanol–water partition coefficient (Wildman–Crippen LogP) is 14.5. The number of hydrogen-bond donors (Lipinski definition) is 0. The van der Waals surface area contributed by atoms with Crippen LogP contribution in [-0.2, 0) is 16.2 Å². The van der Waals surface area contributed by atoms with E-state index in [4.69, 9.17) is 4.42 Å². The molecule has 0 fully saturated rings. The second-order valence-corrected chi connectivity index (χ2v) is 21.1. The van der Waals surface area contributed by atoms with Gasteiger partial charge in [0.2, 0.25) is 0 Å². The van der Waals surface area contributed by atoms with Gasteiger partial charge in [-0.2, -0.15) is 0 Å². The van der Waals surface area contributed by atoms with E-state index in [2.05, 4.69) is 224 Å². The number of hydrogen-bond acceptors (Lipinski definition) is 3. The topological polar surface area (TPSA) is 19.6 Å². The molecular formula is C60H53BN2O. The van der Waals surface area contributed by atoms with E-state index in [0.717, 1.165) is 38.8 Å². The van der Waals surface area contributed by atoms with Crippen molar-refractivity contribution in [3.05, 3.63) is 186 Å². The summed E-state index contributed by atoms with van der Waals surface area (Å²) in [5, 5.41) is 2.29. The molecule has 2 aliphatic heterocycles. The second-order valence-electron chi connectivity index (χ2n) is 21.1. The van der Waals surface area contributed by atoms with Crippen LogP contribution in [0.5, 0.6) is 0 Å². The fourth-order valence-corrected chi connectivity index (χ4v) is 11.2. The maximum absolute atomic E-state index is 6.51. The third kappa shape index (κ3) is 5.60. The standard InChI is InChI=1S/C60H53BN2O/c1-36-31-53-56-54(32-36)63(41-27-28-44-43-15-10-12-19-47(43)60(8,9)48(44)35-41)52-34-39(59(5,6)7)23-29-49(52)61(56)50-33-38(58(2,3)4)24-30-51(50)62(53)40-25-21-37(22-26-40)42-17-14-18-46-45-16-11-13-20-55(45)64-57(42)46/h10-35H,1-9H3. The van der Waals surface area contributed by atoms with Gasteiger partial charge in [0, 0.05) is 55.9 Å². The van der Waals surface area contributed by atoms with Crippen LogP contribution in [0.15, 0.2) is 162 Å². The largest absolute Gasteiger partial charge is 0.455 e. The lowest BCUT2D eigenvalue weighted by atomic mass is 9.33. The van der Waals surface area contributed by atoms with Gasteiger partial charge in [-0.05, 0) is 133 Å². The summed E-state index contributed by atoms with van der Waals surface area (Å²) in [6, 6.07) is 59.6. The third-order valence-corrected chi connectivity index (χ3v) is 14.6. The van der Waals surface area contributed by atoms with Gasteiger partial charge in [-0.15, -0.1) is 0 Å². The molecular weight excluding hydrogens is 775 g/mol. The van der Waals surface area contributed by atoms with E-state index < -0.39 is 0 Å². The zero-order valence-electron chi connectivity index (χ0n) is 38.4. The van der Waals surface area contributed by atoms with Gasteiger partial charge in [0.15, 0.2) is 0 Å². The molecule has 64 heavy (non-hydrogen) atoms. The Balaban J connectivity index is 1.09. The number of para-hydroxylation sites is 2. The summed E-state index contributed by atoms with van der Waals surface area (Å²) in [5.41, 5.74) is 24.6. The summed E-state index contributed by atoms with van der Waals surface area (Å²) in [6.45, 7) is 21.1. The van der Waals surface area contributed by atoms with Crippen LogP contribution in [0.25, 0.3) is 44.2 Å². The van der Waals surface area contributed by atoms with Crippen LogP contribution in [0, 0.1) is 6.92 Å². The summed E-state index contributed by atoms with van der Waals surface area (Å²) < 4.78 is 6.51. The van der Waals surface area contributed by atoms with Crippen LogP contribution in [-0.4, -0.2) is 6.71 Å². The highest BCUT2D eigenvalue weighted by Crippen LogP contribution is 2.52. The molecule has 8 aromatic carbocycles. The Morgan fingerprint density at radius 3 is 1.88 bits per heavy atom. The molecule has 0 N–H and O–H groups in total. The summed E-state index contributed by atoms with van der Waals surface area (Å²) in [4.78, 5) is 5.13. The number of benzene rings is 8. The molecule has 12 rings (SSSR count). The Kier molecular flexibility index (Phi) is 8.12. The van der Waals surface area contributed by atoms with Crippen molar-refractivity contribution in [1.82, 2.24) is 0 Å². The lowest BCUT2D eigenvalue weighted by Crippen LogP contribution is -2.61. The molecule has 0 bridgehead atoms. The number of fused-ring (bicyclic) bond motifs is 10. The summed E-state index contributed by atoms with van der Waals surface area (Å²) in [7, 11) is 0. The molecule has 3 aliphatic rings. The quantitative estimate of drug-likeness (QED) is 0.165. The van der Waals surface area contributed by atoms with E-state index in [9.17, 15) is 0 Å². The number of aryl methyl sites for hydroxylation is 1. The zero-order chi connectivity index (χ0) is 44.0. The minimum atomic E-state index is -0.121. The van der Waals surface area contributed by atoms with Crippen LogP contribution in [0.2, 0.25) is 0 Å². The van der Waals surface area contributed by atoms with Crippen LogP contribution in [0.4, 0.5) is 34.1 Å². The lowest BCUT2D eigenvalue weighted by Gasteiger charge is -2.45. The van der Waals surface area contributed by atoms with Gasteiger partial charge in [0.1, 0.15) is 11.2 Å². The van der Waals surface area contributed by atoms with Crippen molar-refractivity contribution in [2.45, 2.75) is 78.6 Å². The van der Waals surface area contributed by atoms with Crippen molar-refractivity contribution in [1.29, 1.82) is 0 Å². The van der Waals surface area contributed by atoms with Crippen molar-refractivity contribution >= 4 is 79.2 Å². The fourth-order valence-electron chi connectivity index (χ4n) is 11.2. The molecule has 0 spiro atoms. The number of nitrogens with zero attached hydrogens (tertiary/aromatic N) is 2. The minimum Gasteiger partial charge on any atom is -0.455 e. The van der Waals surface area contributed by atoms with Gasteiger partial charge in [0.05, 0.1) is 0 Å². The summed E-state index contributed by atoms with van der Waals surface area (Å²) in [6.07, 6.45) is 0. The Hall–Kier alpha value is -6.78. The Morgan fingerprint density at radius 2 is 1.11 bits per heavy atom. The first-order valence-corrected chi connectivity index (χ1v) is 23.0. The predicted molar refractivity (Wildman–Crippen MR) is 273 cm³/mol. The Morgan fingerprint density at radius 1 is 0.484 bits per heavy atom. The summed E-state index contributed by atoms with van der Waals surface area (Å²) in [5.74, 6) is 0. The molecule has 0 unspecified atom stereocenters. The molecule has 0 amide bonds. The SMILES string of the molecule is Cc1cc2c3c(c1)N(c1ccc4c(c1)C(C)(C)c1ccccc1-4)c1cc(C(C)(C)C)ccc1B3c1cc(C(C)(C)C)ccc1N2c1ccc(-c2cccc3c2oc2ccccc23)cc1. The maximum Gasteiger partial charge on any atom is 0.252 e. The normalized spacial score (nSPS) is 14.7. The Bertz CT molecular complexity index is 3410. The van der Waals surface area contributed by atoms with Gasteiger partial charge in [-0.3, -0.25) is 0 Å². The molecule has 1 aliphatic carbocycles. The molecule has 0 saturated carbocycles. The first-order chi connectivity index (χ1) is 30.7. The lowest BCUT2D eigenvalue weighted by molar-refractivity contribution is 0.590. The van der Waals surface area contributed by atoms with E-state index in [1.165, 1.54) is 83.8 Å². The van der Waals surface area contributed by atoms with E-state index in [1.54, 1.807) is 0 Å². The Labute approximate surface area is 378 Å². The second kappa shape index (κ2) is 13.4. The maximum atomic E-state index is 6.51. The number of anilines is 6. The van der Waals surface area contributed by atoms with Crippen LogP contribution in [0.1, 0.15) is 83.2 Å². The van der Waals surface area contributed by atoms with Crippen LogP contribution < -0.4 is 26.2 Å². The van der Waals surface area contributed by atoms with Gasteiger partial charge < -0.3 is 14.2 Å². The molecule has 3 nitrogen and oxygen atoms in total. The minimum absolute atomic E-state index is 0.0238. The first-order valence-electron chi connectivity index (χ1n) is 23.0. The molecule has 0 atom stereocenters. The molecule has 3 heterocycles. The van der Waals surface area contributed by atoms with Gasteiger partial charge >= 0.3 is 0 Å². The first kappa shape index (κ1) is 38.9. The molecule has 0 saturated heterocycles. The molecule has 312 valence electrons. The highest BCUT2D eigenvalue weighted by atomic mass is 16.3. The third-order valence-electron chi connectivity index (χ3n) is 14.6. The van der Waals surface area contributed by atoms with E-state index in [1.807, 2.05) is 6.07 Å². The number of rotatable bonds is 3. The van der Waals surface area contributed by atoms with Crippen LogP contribution >= 0.6 is 0 Å². The van der Waals surface area contributed by atoms with Crippen molar-refractivity contribution in [2.75, 3.05) is 9.80 Å². The average Bonchev–Trinajstić information content (AvgIpc) is 3.77. The van der Waals surface area contributed by atoms with Gasteiger partial charge in [-0.25, -0.2) is 0 Å². The fraction of sp³-hybridized carbons (Fsp3) is 0.200. The van der Waals surface area contributed by atoms with Crippen molar-refractivity contribution in [3.63, 3.8) is 0 Å².